The standard InChI is InChI=1S/C20H28N4O2/c1-14(2)26-13-16-8-5-4-7-15(16)11-21-20(25)23-18-9-6-10-19-17(18)12-22-24(19)3/h4-5,7-8,12,14,18H,6,9-11,13H2,1-3H3,(H2,21,23,25). The van der Waals surface area contributed by atoms with E-state index in [0.717, 1.165) is 36.0 Å². The first-order valence-corrected chi connectivity index (χ1v) is 9.28. The van der Waals surface area contributed by atoms with E-state index in [2.05, 4.69) is 15.7 Å². The highest BCUT2D eigenvalue weighted by Gasteiger charge is 2.24. The van der Waals surface area contributed by atoms with Gasteiger partial charge in [0.2, 0.25) is 0 Å². The van der Waals surface area contributed by atoms with Gasteiger partial charge in [0.25, 0.3) is 0 Å². The van der Waals surface area contributed by atoms with E-state index in [1.165, 1.54) is 5.69 Å². The third-order valence-corrected chi connectivity index (χ3v) is 4.81. The van der Waals surface area contributed by atoms with E-state index in [1.807, 2.05) is 56.0 Å². The molecule has 1 aromatic heterocycles. The third-order valence-electron chi connectivity index (χ3n) is 4.81. The quantitative estimate of drug-likeness (QED) is 0.835. The van der Waals surface area contributed by atoms with Crippen LogP contribution in [0, 0.1) is 0 Å². The Balaban J connectivity index is 1.57. The first kappa shape index (κ1) is 18.5. The van der Waals surface area contributed by atoms with Crippen LogP contribution in [0.25, 0.3) is 0 Å². The summed E-state index contributed by atoms with van der Waals surface area (Å²) in [5.41, 5.74) is 4.54. The van der Waals surface area contributed by atoms with E-state index in [-0.39, 0.29) is 18.2 Å². The number of amides is 2. The summed E-state index contributed by atoms with van der Waals surface area (Å²) in [6, 6.07) is 7.93. The molecule has 26 heavy (non-hydrogen) atoms. The molecule has 1 aliphatic carbocycles. The second-order valence-electron chi connectivity index (χ2n) is 7.07. The third kappa shape index (κ3) is 4.43. The van der Waals surface area contributed by atoms with Crippen molar-refractivity contribution in [1.82, 2.24) is 20.4 Å². The number of fused-ring (bicyclic) bond motifs is 1. The average molecular weight is 356 g/mol. The molecule has 1 aliphatic rings. The van der Waals surface area contributed by atoms with E-state index in [1.54, 1.807) is 0 Å². The summed E-state index contributed by atoms with van der Waals surface area (Å²) < 4.78 is 7.61. The van der Waals surface area contributed by atoms with Crippen molar-refractivity contribution >= 4 is 6.03 Å². The maximum atomic E-state index is 12.4. The summed E-state index contributed by atoms with van der Waals surface area (Å²) in [7, 11) is 1.96. The molecule has 0 saturated carbocycles. The summed E-state index contributed by atoms with van der Waals surface area (Å²) in [4.78, 5) is 12.4. The Hall–Kier alpha value is -2.34. The lowest BCUT2D eigenvalue weighted by molar-refractivity contribution is 0.0652. The fraction of sp³-hybridized carbons (Fsp3) is 0.500. The lowest BCUT2D eigenvalue weighted by Crippen LogP contribution is -2.38. The number of ether oxygens (including phenoxy) is 1. The summed E-state index contributed by atoms with van der Waals surface area (Å²) in [5.74, 6) is 0. The SMILES string of the molecule is CC(C)OCc1ccccc1CNC(=O)NC1CCCc2c1cnn2C. The Morgan fingerprint density at radius 2 is 2.12 bits per heavy atom. The van der Waals surface area contributed by atoms with E-state index in [0.29, 0.717) is 13.2 Å². The van der Waals surface area contributed by atoms with Gasteiger partial charge >= 0.3 is 6.03 Å². The minimum absolute atomic E-state index is 0.0342. The molecule has 1 unspecified atom stereocenters. The molecule has 0 radical (unpaired) electrons. The minimum Gasteiger partial charge on any atom is -0.374 e. The summed E-state index contributed by atoms with van der Waals surface area (Å²) in [6.45, 7) is 5.07. The van der Waals surface area contributed by atoms with Crippen molar-refractivity contribution in [1.29, 1.82) is 0 Å². The second kappa shape index (κ2) is 8.36. The van der Waals surface area contributed by atoms with Gasteiger partial charge in [0, 0.05) is 24.8 Å². The van der Waals surface area contributed by atoms with Crippen molar-refractivity contribution in [3.63, 3.8) is 0 Å². The maximum absolute atomic E-state index is 12.4. The highest BCUT2D eigenvalue weighted by atomic mass is 16.5. The van der Waals surface area contributed by atoms with Crippen molar-refractivity contribution < 1.29 is 9.53 Å². The van der Waals surface area contributed by atoms with Crippen molar-refractivity contribution in [3.05, 3.63) is 52.8 Å². The lowest BCUT2D eigenvalue weighted by Gasteiger charge is -2.24. The molecule has 6 heteroatoms. The molecule has 6 nitrogen and oxygen atoms in total. The number of carbonyl (C=O) groups is 1. The summed E-state index contributed by atoms with van der Waals surface area (Å²) in [6.07, 6.45) is 5.09. The predicted molar refractivity (Wildman–Crippen MR) is 101 cm³/mol. The first-order valence-electron chi connectivity index (χ1n) is 9.28. The molecule has 1 heterocycles. The van der Waals surface area contributed by atoms with E-state index < -0.39 is 0 Å². The highest BCUT2D eigenvalue weighted by Crippen LogP contribution is 2.28. The number of urea groups is 1. The molecule has 2 N–H and O–H groups in total. The zero-order valence-electron chi connectivity index (χ0n) is 15.8. The van der Waals surface area contributed by atoms with Crippen LogP contribution in [-0.4, -0.2) is 21.9 Å². The van der Waals surface area contributed by atoms with Crippen LogP contribution in [0.2, 0.25) is 0 Å². The first-order chi connectivity index (χ1) is 12.5. The number of benzene rings is 1. The van der Waals surface area contributed by atoms with Gasteiger partial charge in [-0.05, 0) is 44.2 Å². The largest absolute Gasteiger partial charge is 0.374 e. The monoisotopic (exact) mass is 356 g/mol. The molecule has 0 bridgehead atoms. The highest BCUT2D eigenvalue weighted by molar-refractivity contribution is 5.74. The molecule has 3 rings (SSSR count). The van der Waals surface area contributed by atoms with Crippen molar-refractivity contribution in [2.75, 3.05) is 0 Å². The zero-order chi connectivity index (χ0) is 18.5. The van der Waals surface area contributed by atoms with Crippen LogP contribution in [0.3, 0.4) is 0 Å². The van der Waals surface area contributed by atoms with Gasteiger partial charge in [0.15, 0.2) is 0 Å². The molecule has 2 amide bonds. The Morgan fingerprint density at radius 1 is 1.35 bits per heavy atom. The smallest absolute Gasteiger partial charge is 0.315 e. The van der Waals surface area contributed by atoms with Crippen LogP contribution in [-0.2, 0) is 31.4 Å². The number of nitrogens with zero attached hydrogens (tertiary/aromatic N) is 2. The van der Waals surface area contributed by atoms with Gasteiger partial charge in [-0.1, -0.05) is 24.3 Å². The van der Waals surface area contributed by atoms with Crippen LogP contribution in [0.15, 0.2) is 30.5 Å². The topological polar surface area (TPSA) is 68.2 Å². The molecule has 0 saturated heterocycles. The predicted octanol–water partition coefficient (Wildman–Crippen LogP) is 3.22. The number of hydrogen-bond acceptors (Lipinski definition) is 3. The van der Waals surface area contributed by atoms with E-state index in [9.17, 15) is 4.79 Å². The number of hydrogen-bond donors (Lipinski definition) is 2. The molecule has 0 spiro atoms. The number of nitrogens with one attached hydrogen (secondary N) is 2. The number of carbonyl (C=O) groups excluding carboxylic acids is 1. The van der Waals surface area contributed by atoms with Gasteiger partial charge in [-0.25, -0.2) is 4.79 Å². The van der Waals surface area contributed by atoms with Crippen molar-refractivity contribution in [2.45, 2.75) is 58.4 Å². The van der Waals surface area contributed by atoms with E-state index >= 15 is 0 Å². The Bertz CT molecular complexity index is 754. The zero-order valence-corrected chi connectivity index (χ0v) is 15.8. The number of aryl methyl sites for hydroxylation is 1. The van der Waals surface area contributed by atoms with Crippen molar-refractivity contribution in [3.8, 4) is 0 Å². The second-order valence-corrected chi connectivity index (χ2v) is 7.07. The normalized spacial score (nSPS) is 16.4. The molecule has 1 atom stereocenters. The summed E-state index contributed by atoms with van der Waals surface area (Å²) in [5, 5.41) is 10.4. The van der Waals surface area contributed by atoms with Gasteiger partial charge in [0.05, 0.1) is 24.9 Å². The molecule has 140 valence electrons. The number of rotatable bonds is 6. The van der Waals surface area contributed by atoms with Gasteiger partial charge in [-0.15, -0.1) is 0 Å². The maximum Gasteiger partial charge on any atom is 0.315 e. The fourth-order valence-electron chi connectivity index (χ4n) is 3.37. The Labute approximate surface area is 154 Å². The van der Waals surface area contributed by atoms with Crippen LogP contribution in [0.5, 0.6) is 0 Å². The van der Waals surface area contributed by atoms with Crippen LogP contribution in [0.4, 0.5) is 4.79 Å². The van der Waals surface area contributed by atoms with Gasteiger partial charge < -0.3 is 15.4 Å². The van der Waals surface area contributed by atoms with Crippen LogP contribution >= 0.6 is 0 Å². The Kier molecular flexibility index (Phi) is 5.93. The fourth-order valence-corrected chi connectivity index (χ4v) is 3.37. The molecule has 0 fully saturated rings. The van der Waals surface area contributed by atoms with Crippen LogP contribution in [0.1, 0.15) is 55.1 Å². The van der Waals surface area contributed by atoms with Crippen molar-refractivity contribution in [2.24, 2.45) is 7.05 Å². The van der Waals surface area contributed by atoms with Crippen LogP contribution < -0.4 is 10.6 Å². The minimum atomic E-state index is -0.147. The van der Waals surface area contributed by atoms with E-state index in [4.69, 9.17) is 4.74 Å². The molecular formula is C20H28N4O2. The number of aromatic nitrogens is 2. The van der Waals surface area contributed by atoms with Gasteiger partial charge in [0.1, 0.15) is 0 Å². The average Bonchev–Trinajstić information content (AvgIpc) is 3.01. The summed E-state index contributed by atoms with van der Waals surface area (Å²) >= 11 is 0. The molecule has 2 aromatic rings. The molecule has 1 aromatic carbocycles. The van der Waals surface area contributed by atoms with Gasteiger partial charge in [-0.2, -0.15) is 5.10 Å². The lowest BCUT2D eigenvalue weighted by atomic mass is 9.93. The molecule has 0 aliphatic heterocycles. The Morgan fingerprint density at radius 3 is 2.88 bits per heavy atom. The van der Waals surface area contributed by atoms with Gasteiger partial charge in [-0.3, -0.25) is 4.68 Å². The molecular weight excluding hydrogens is 328 g/mol.